The second kappa shape index (κ2) is 11.3. The summed E-state index contributed by atoms with van der Waals surface area (Å²) in [6, 6.07) is 1.88. The minimum absolute atomic E-state index is 0.284. The molecule has 160 valence electrons. The van der Waals surface area contributed by atoms with Crippen molar-refractivity contribution in [3.8, 4) is 11.5 Å². The molecular formula is C27H40O2. The first-order valence-corrected chi connectivity index (χ1v) is 11.2. The smallest absolute Gasteiger partial charge is 0.126 e. The Kier molecular flexibility index (Phi) is 9.07. The molecule has 0 saturated heterocycles. The summed E-state index contributed by atoms with van der Waals surface area (Å²) in [6.45, 7) is 12.8. The van der Waals surface area contributed by atoms with Gasteiger partial charge in [-0.1, -0.05) is 34.9 Å². The lowest BCUT2D eigenvalue weighted by Crippen LogP contribution is -2.23. The first kappa shape index (κ1) is 23.3. The highest BCUT2D eigenvalue weighted by Gasteiger charge is 2.23. The van der Waals surface area contributed by atoms with Crippen molar-refractivity contribution >= 4 is 0 Å². The molecule has 2 heteroatoms. The summed E-state index contributed by atoms with van der Waals surface area (Å²) in [5.41, 5.74) is 7.56. The molecule has 2 nitrogen and oxygen atoms in total. The summed E-state index contributed by atoms with van der Waals surface area (Å²) in [5.74, 6) is 1.40. The zero-order chi connectivity index (χ0) is 21.4. The van der Waals surface area contributed by atoms with Crippen molar-refractivity contribution in [1.82, 2.24) is 0 Å². The Bertz CT molecular complexity index is 776. The van der Waals surface area contributed by atoms with Crippen LogP contribution < -0.4 is 4.74 Å². The number of aryl methyl sites for hydroxylation is 1. The van der Waals surface area contributed by atoms with E-state index in [9.17, 15) is 5.11 Å². The van der Waals surface area contributed by atoms with Crippen LogP contribution in [0.15, 0.2) is 41.0 Å². The van der Waals surface area contributed by atoms with Gasteiger partial charge in [0.25, 0.3) is 0 Å². The average molecular weight is 397 g/mol. The summed E-state index contributed by atoms with van der Waals surface area (Å²) >= 11 is 0. The van der Waals surface area contributed by atoms with Crippen LogP contribution in [-0.4, -0.2) is 11.2 Å². The second-order valence-electron chi connectivity index (χ2n) is 8.95. The van der Waals surface area contributed by atoms with E-state index in [4.69, 9.17) is 4.74 Å². The van der Waals surface area contributed by atoms with Crippen molar-refractivity contribution in [3.05, 3.63) is 57.7 Å². The molecule has 1 atom stereocenters. The van der Waals surface area contributed by atoms with E-state index in [0.717, 1.165) is 67.4 Å². The molecule has 0 saturated carbocycles. The third kappa shape index (κ3) is 7.42. The molecule has 0 bridgehead atoms. The van der Waals surface area contributed by atoms with Crippen molar-refractivity contribution in [2.24, 2.45) is 0 Å². The van der Waals surface area contributed by atoms with Crippen molar-refractivity contribution in [3.63, 3.8) is 0 Å². The summed E-state index contributed by atoms with van der Waals surface area (Å²) in [7, 11) is 0. The predicted octanol–water partition coefficient (Wildman–Crippen LogP) is 7.90. The number of fused-ring (bicyclic) bond motifs is 1. The fourth-order valence-corrected chi connectivity index (χ4v) is 3.89. The lowest BCUT2D eigenvalue weighted by molar-refractivity contribution is 0.163. The monoisotopic (exact) mass is 396 g/mol. The van der Waals surface area contributed by atoms with Crippen molar-refractivity contribution < 1.29 is 9.84 Å². The highest BCUT2D eigenvalue weighted by Crippen LogP contribution is 2.38. The van der Waals surface area contributed by atoms with Gasteiger partial charge in [-0.2, -0.15) is 0 Å². The van der Waals surface area contributed by atoms with Gasteiger partial charge in [0.2, 0.25) is 0 Å². The van der Waals surface area contributed by atoms with Crippen LogP contribution in [0.25, 0.3) is 0 Å². The van der Waals surface area contributed by atoms with Crippen LogP contribution in [0.1, 0.15) is 89.3 Å². The van der Waals surface area contributed by atoms with Gasteiger partial charge in [-0.25, -0.2) is 0 Å². The Morgan fingerprint density at radius 2 is 1.59 bits per heavy atom. The number of benzene rings is 1. The third-order valence-electron chi connectivity index (χ3n) is 6.01. The first-order valence-electron chi connectivity index (χ1n) is 11.2. The third-order valence-corrected chi connectivity index (χ3v) is 6.01. The maximum absolute atomic E-state index is 10.0. The molecule has 1 aliphatic rings. The van der Waals surface area contributed by atoms with Gasteiger partial charge in [0.1, 0.15) is 11.5 Å². The minimum Gasteiger partial charge on any atom is -0.508 e. The van der Waals surface area contributed by atoms with E-state index >= 15 is 0 Å². The average Bonchev–Trinajstić information content (AvgIpc) is 2.66. The lowest BCUT2D eigenvalue weighted by atomic mass is 9.94. The van der Waals surface area contributed by atoms with Crippen LogP contribution in [0.4, 0.5) is 0 Å². The molecular weight excluding hydrogens is 356 g/mol. The first-order chi connectivity index (χ1) is 13.8. The highest BCUT2D eigenvalue weighted by molar-refractivity contribution is 5.52. The van der Waals surface area contributed by atoms with E-state index in [1.165, 1.54) is 23.1 Å². The number of ether oxygens (including phenoxy) is 1. The number of phenolic OH excluding ortho intramolecular Hbond substituents is 1. The molecule has 0 spiro atoms. The largest absolute Gasteiger partial charge is 0.508 e. The SMILES string of the molecule is CC(C)=CCC/C(C)=C/CC/C(C)=C/CCC1CCc2cc(O)c(C)c(C)c2O1. The lowest BCUT2D eigenvalue weighted by Gasteiger charge is -2.28. The summed E-state index contributed by atoms with van der Waals surface area (Å²) in [5, 5.41) is 10.0. The van der Waals surface area contributed by atoms with E-state index in [1.54, 1.807) is 0 Å². The number of rotatable bonds is 9. The Balaban J connectivity index is 1.76. The molecule has 1 N–H and O–H groups in total. The molecule has 0 amide bonds. The van der Waals surface area contributed by atoms with Crippen LogP contribution in [0.5, 0.6) is 11.5 Å². The van der Waals surface area contributed by atoms with Gasteiger partial charge in [0, 0.05) is 0 Å². The summed E-state index contributed by atoms with van der Waals surface area (Å²) in [4.78, 5) is 0. The predicted molar refractivity (Wildman–Crippen MR) is 125 cm³/mol. The van der Waals surface area contributed by atoms with Gasteiger partial charge in [-0.05, 0) is 116 Å². The number of hydrogen-bond donors (Lipinski definition) is 1. The molecule has 0 aromatic heterocycles. The molecule has 1 heterocycles. The molecule has 1 aromatic rings. The van der Waals surface area contributed by atoms with Crippen molar-refractivity contribution in [1.29, 1.82) is 0 Å². The Morgan fingerprint density at radius 1 is 0.966 bits per heavy atom. The number of hydrogen-bond acceptors (Lipinski definition) is 2. The van der Waals surface area contributed by atoms with E-state index in [1.807, 2.05) is 13.0 Å². The molecule has 1 aliphatic heterocycles. The molecule has 0 fully saturated rings. The maximum atomic E-state index is 10.0. The number of aromatic hydroxyl groups is 1. The fraction of sp³-hybridized carbons (Fsp3) is 0.556. The zero-order valence-electron chi connectivity index (χ0n) is 19.4. The molecule has 1 aromatic carbocycles. The van der Waals surface area contributed by atoms with Gasteiger partial charge in [0.05, 0.1) is 6.10 Å². The van der Waals surface area contributed by atoms with Crippen LogP contribution in [0.3, 0.4) is 0 Å². The van der Waals surface area contributed by atoms with Crippen molar-refractivity contribution in [2.75, 3.05) is 0 Å². The van der Waals surface area contributed by atoms with Crippen LogP contribution in [0, 0.1) is 13.8 Å². The molecule has 29 heavy (non-hydrogen) atoms. The van der Waals surface area contributed by atoms with Crippen molar-refractivity contribution in [2.45, 2.75) is 99.0 Å². The Morgan fingerprint density at radius 3 is 2.24 bits per heavy atom. The molecule has 0 radical (unpaired) electrons. The highest BCUT2D eigenvalue weighted by atomic mass is 16.5. The Labute approximate surface area is 178 Å². The van der Waals surface area contributed by atoms with Crippen LogP contribution in [-0.2, 0) is 6.42 Å². The second-order valence-corrected chi connectivity index (χ2v) is 8.95. The van der Waals surface area contributed by atoms with Gasteiger partial charge in [-0.15, -0.1) is 0 Å². The van der Waals surface area contributed by atoms with Gasteiger partial charge in [0.15, 0.2) is 0 Å². The van der Waals surface area contributed by atoms with E-state index in [0.29, 0.717) is 5.75 Å². The number of allylic oxidation sites excluding steroid dienone is 6. The molecule has 1 unspecified atom stereocenters. The van der Waals surface area contributed by atoms with E-state index in [-0.39, 0.29) is 6.10 Å². The molecule has 2 rings (SSSR count). The quantitative estimate of drug-likeness (QED) is 0.430. The maximum Gasteiger partial charge on any atom is 0.126 e. The fourth-order valence-electron chi connectivity index (χ4n) is 3.89. The number of phenols is 1. The zero-order valence-corrected chi connectivity index (χ0v) is 19.4. The summed E-state index contributed by atoms with van der Waals surface area (Å²) in [6.07, 6.45) is 16.2. The standard InChI is InChI=1S/C27H40O2/c1-19(2)10-7-11-20(3)12-8-13-21(4)14-9-15-25-17-16-24-18-26(28)22(5)23(6)27(24)29-25/h10,12,14,18,25,28H,7-9,11,13,15-17H2,1-6H3/b20-12+,21-14+. The van der Waals surface area contributed by atoms with Gasteiger partial charge >= 0.3 is 0 Å². The van der Waals surface area contributed by atoms with Gasteiger partial charge in [-0.3, -0.25) is 0 Å². The minimum atomic E-state index is 0.284. The van der Waals surface area contributed by atoms with Crippen LogP contribution in [0.2, 0.25) is 0 Å². The summed E-state index contributed by atoms with van der Waals surface area (Å²) < 4.78 is 6.29. The Hall–Kier alpha value is -1.96. The van der Waals surface area contributed by atoms with Crippen LogP contribution >= 0.6 is 0 Å². The van der Waals surface area contributed by atoms with E-state index in [2.05, 4.69) is 52.8 Å². The normalized spacial score (nSPS) is 17.0. The van der Waals surface area contributed by atoms with Gasteiger partial charge < -0.3 is 9.84 Å². The molecule has 0 aliphatic carbocycles. The topological polar surface area (TPSA) is 29.5 Å². The van der Waals surface area contributed by atoms with E-state index < -0.39 is 0 Å².